The van der Waals surface area contributed by atoms with Gasteiger partial charge in [-0.15, -0.1) is 0 Å². The molecule has 1 aliphatic heterocycles. The van der Waals surface area contributed by atoms with Gasteiger partial charge in [-0.2, -0.15) is 0 Å². The second-order valence-electron chi connectivity index (χ2n) is 5.55. The van der Waals surface area contributed by atoms with Crippen molar-refractivity contribution in [3.05, 3.63) is 34.1 Å². The molecule has 1 saturated heterocycles. The number of rotatable bonds is 7. The van der Waals surface area contributed by atoms with Crippen molar-refractivity contribution in [1.29, 1.82) is 0 Å². The predicted octanol–water partition coefficient (Wildman–Crippen LogP) is 3.18. The summed E-state index contributed by atoms with van der Waals surface area (Å²) in [6.45, 7) is 4.28. The second kappa shape index (κ2) is 8.83. The first-order valence-electron chi connectivity index (χ1n) is 7.58. The molecule has 0 aliphatic carbocycles. The quantitative estimate of drug-likeness (QED) is 0.757. The van der Waals surface area contributed by atoms with Crippen LogP contribution in [0.1, 0.15) is 24.8 Å². The molecular formula is C16H24BrFN2O. The molecule has 1 aromatic rings. The first kappa shape index (κ1) is 16.9. The molecule has 0 aromatic heterocycles. The minimum atomic E-state index is -0.124. The Morgan fingerprint density at radius 3 is 3.05 bits per heavy atom. The fourth-order valence-electron chi connectivity index (χ4n) is 2.81. The number of hydrogen-bond acceptors (Lipinski definition) is 3. The lowest BCUT2D eigenvalue weighted by atomic mass is 10.0. The van der Waals surface area contributed by atoms with Crippen molar-refractivity contribution in [2.45, 2.75) is 31.8 Å². The fourth-order valence-corrected chi connectivity index (χ4v) is 3.14. The molecule has 1 aromatic carbocycles. The zero-order valence-electron chi connectivity index (χ0n) is 12.6. The zero-order chi connectivity index (χ0) is 15.1. The molecule has 1 aliphatic rings. The molecule has 0 amide bonds. The lowest BCUT2D eigenvalue weighted by molar-refractivity contribution is 0.131. The Kier molecular flexibility index (Phi) is 7.10. The third kappa shape index (κ3) is 5.33. The van der Waals surface area contributed by atoms with E-state index in [1.807, 2.05) is 12.1 Å². The smallest absolute Gasteiger partial charge is 0.128 e. The van der Waals surface area contributed by atoms with Gasteiger partial charge < -0.3 is 10.1 Å². The summed E-state index contributed by atoms with van der Waals surface area (Å²) in [5, 5.41) is 3.43. The van der Waals surface area contributed by atoms with E-state index >= 15 is 0 Å². The van der Waals surface area contributed by atoms with E-state index in [0.29, 0.717) is 12.6 Å². The first-order chi connectivity index (χ1) is 10.2. The van der Waals surface area contributed by atoms with Crippen molar-refractivity contribution in [2.75, 3.05) is 33.4 Å². The van der Waals surface area contributed by atoms with E-state index in [0.717, 1.165) is 36.3 Å². The van der Waals surface area contributed by atoms with E-state index in [9.17, 15) is 4.39 Å². The van der Waals surface area contributed by atoms with E-state index in [-0.39, 0.29) is 5.82 Å². The molecule has 1 N–H and O–H groups in total. The zero-order valence-corrected chi connectivity index (χ0v) is 14.2. The summed E-state index contributed by atoms with van der Waals surface area (Å²) in [4.78, 5) is 2.40. The number of piperidine rings is 1. The largest absolute Gasteiger partial charge is 0.383 e. The number of likely N-dealkylation sites (tertiary alicyclic amines) is 1. The summed E-state index contributed by atoms with van der Waals surface area (Å²) in [6, 6.07) is 5.82. The Labute approximate surface area is 135 Å². The molecule has 21 heavy (non-hydrogen) atoms. The molecule has 1 fully saturated rings. The highest BCUT2D eigenvalue weighted by molar-refractivity contribution is 9.10. The minimum absolute atomic E-state index is 0.124. The average molecular weight is 359 g/mol. The number of methoxy groups -OCH3 is 1. The summed E-state index contributed by atoms with van der Waals surface area (Å²) in [5.41, 5.74) is 0.780. The van der Waals surface area contributed by atoms with Crippen LogP contribution in [0, 0.1) is 5.82 Å². The highest BCUT2D eigenvalue weighted by Gasteiger charge is 2.22. The fraction of sp³-hybridized carbons (Fsp3) is 0.625. The lowest BCUT2D eigenvalue weighted by Gasteiger charge is -2.36. The Morgan fingerprint density at radius 2 is 2.29 bits per heavy atom. The van der Waals surface area contributed by atoms with E-state index in [1.54, 1.807) is 13.2 Å². The Morgan fingerprint density at radius 1 is 1.43 bits per heavy atom. The van der Waals surface area contributed by atoms with Crippen LogP contribution in [0.3, 0.4) is 0 Å². The summed E-state index contributed by atoms with van der Waals surface area (Å²) < 4.78 is 19.8. The van der Waals surface area contributed by atoms with Gasteiger partial charge in [-0.25, -0.2) is 4.39 Å². The van der Waals surface area contributed by atoms with E-state index in [4.69, 9.17) is 4.74 Å². The van der Waals surface area contributed by atoms with Crippen LogP contribution in [0.2, 0.25) is 0 Å². The SMILES string of the molecule is COCCNCC1CCCCN1Cc1ccc(Br)cc1F. The van der Waals surface area contributed by atoms with E-state index in [1.165, 1.54) is 19.3 Å². The van der Waals surface area contributed by atoms with Crippen molar-refractivity contribution >= 4 is 15.9 Å². The second-order valence-corrected chi connectivity index (χ2v) is 6.47. The Balaban J connectivity index is 1.91. The highest BCUT2D eigenvalue weighted by Crippen LogP contribution is 2.22. The molecule has 0 bridgehead atoms. The molecule has 1 unspecified atom stereocenters. The number of hydrogen-bond donors (Lipinski definition) is 1. The van der Waals surface area contributed by atoms with Crippen LogP contribution in [0.4, 0.5) is 4.39 Å². The third-order valence-electron chi connectivity index (χ3n) is 4.00. The predicted molar refractivity (Wildman–Crippen MR) is 86.9 cm³/mol. The van der Waals surface area contributed by atoms with Gasteiger partial charge in [-0.1, -0.05) is 28.4 Å². The molecular weight excluding hydrogens is 335 g/mol. The molecule has 118 valence electrons. The van der Waals surface area contributed by atoms with Gasteiger partial charge in [0.1, 0.15) is 5.82 Å². The van der Waals surface area contributed by atoms with Crippen LogP contribution in [0.5, 0.6) is 0 Å². The molecule has 2 rings (SSSR count). The lowest BCUT2D eigenvalue weighted by Crippen LogP contribution is -2.45. The third-order valence-corrected chi connectivity index (χ3v) is 4.49. The van der Waals surface area contributed by atoms with Crippen molar-refractivity contribution < 1.29 is 9.13 Å². The van der Waals surface area contributed by atoms with Crippen LogP contribution < -0.4 is 5.32 Å². The summed E-state index contributed by atoms with van der Waals surface area (Å²) in [6.07, 6.45) is 3.64. The van der Waals surface area contributed by atoms with Gasteiger partial charge in [-0.3, -0.25) is 4.90 Å². The van der Waals surface area contributed by atoms with Crippen LogP contribution >= 0.6 is 15.9 Å². The standard InChI is InChI=1S/C16H24BrFN2O/c1-21-9-7-19-11-15-4-2-3-8-20(15)12-13-5-6-14(17)10-16(13)18/h5-6,10,15,19H,2-4,7-9,11-12H2,1H3. The Bertz CT molecular complexity index is 444. The van der Waals surface area contributed by atoms with Crippen LogP contribution in [-0.4, -0.2) is 44.3 Å². The van der Waals surface area contributed by atoms with Gasteiger partial charge in [0.2, 0.25) is 0 Å². The summed E-state index contributed by atoms with van der Waals surface area (Å²) >= 11 is 3.31. The number of benzene rings is 1. The van der Waals surface area contributed by atoms with E-state index < -0.39 is 0 Å². The van der Waals surface area contributed by atoms with Crippen molar-refractivity contribution in [2.24, 2.45) is 0 Å². The summed E-state index contributed by atoms with van der Waals surface area (Å²) in [7, 11) is 1.71. The van der Waals surface area contributed by atoms with E-state index in [2.05, 4.69) is 26.1 Å². The van der Waals surface area contributed by atoms with Gasteiger partial charge in [-0.05, 0) is 31.5 Å². The van der Waals surface area contributed by atoms with Crippen LogP contribution in [0.15, 0.2) is 22.7 Å². The van der Waals surface area contributed by atoms with Gasteiger partial charge in [0, 0.05) is 42.8 Å². The van der Waals surface area contributed by atoms with Crippen LogP contribution in [0.25, 0.3) is 0 Å². The van der Waals surface area contributed by atoms with Gasteiger partial charge in [0.25, 0.3) is 0 Å². The van der Waals surface area contributed by atoms with Crippen molar-refractivity contribution in [3.63, 3.8) is 0 Å². The van der Waals surface area contributed by atoms with Crippen molar-refractivity contribution in [1.82, 2.24) is 10.2 Å². The van der Waals surface area contributed by atoms with Gasteiger partial charge in [0.05, 0.1) is 6.61 Å². The average Bonchev–Trinajstić information content (AvgIpc) is 2.48. The molecule has 5 heteroatoms. The normalized spacial score (nSPS) is 19.9. The number of nitrogens with one attached hydrogen (secondary N) is 1. The first-order valence-corrected chi connectivity index (χ1v) is 8.37. The Hall–Kier alpha value is -0.490. The maximum Gasteiger partial charge on any atom is 0.128 e. The molecule has 0 saturated carbocycles. The number of nitrogens with zero attached hydrogens (tertiary/aromatic N) is 1. The maximum absolute atomic E-state index is 14.0. The monoisotopic (exact) mass is 358 g/mol. The van der Waals surface area contributed by atoms with Crippen LogP contribution in [-0.2, 0) is 11.3 Å². The number of ether oxygens (including phenoxy) is 1. The van der Waals surface area contributed by atoms with Gasteiger partial charge >= 0.3 is 0 Å². The molecule has 1 atom stereocenters. The maximum atomic E-state index is 14.0. The minimum Gasteiger partial charge on any atom is -0.383 e. The van der Waals surface area contributed by atoms with Gasteiger partial charge in [0.15, 0.2) is 0 Å². The highest BCUT2D eigenvalue weighted by atomic mass is 79.9. The molecule has 3 nitrogen and oxygen atoms in total. The topological polar surface area (TPSA) is 24.5 Å². The molecule has 0 radical (unpaired) electrons. The molecule has 0 spiro atoms. The van der Waals surface area contributed by atoms with Crippen molar-refractivity contribution in [3.8, 4) is 0 Å². The molecule has 1 heterocycles. The number of halogens is 2. The summed E-state index contributed by atoms with van der Waals surface area (Å²) in [5.74, 6) is -0.124.